The van der Waals surface area contributed by atoms with Gasteiger partial charge in [-0.05, 0) is 26.0 Å². The van der Waals surface area contributed by atoms with Crippen LogP contribution in [0.4, 0.5) is 21.8 Å². The molecule has 1 aliphatic rings. The van der Waals surface area contributed by atoms with Gasteiger partial charge in [0, 0.05) is 32.5 Å². The van der Waals surface area contributed by atoms with Crippen molar-refractivity contribution >= 4 is 17.5 Å². The number of pyridine rings is 1. The summed E-state index contributed by atoms with van der Waals surface area (Å²) in [5.74, 6) is 1.31. The highest BCUT2D eigenvalue weighted by atomic mass is 19.1. The van der Waals surface area contributed by atoms with Crippen LogP contribution in [0.1, 0.15) is 15.3 Å². The van der Waals surface area contributed by atoms with E-state index in [4.69, 9.17) is 9.47 Å². The molecule has 0 radical (unpaired) electrons. The van der Waals surface area contributed by atoms with Crippen LogP contribution in [0.2, 0.25) is 0 Å². The zero-order valence-corrected chi connectivity index (χ0v) is 16.9. The van der Waals surface area contributed by atoms with E-state index in [1.165, 1.54) is 13.3 Å². The van der Waals surface area contributed by atoms with Crippen molar-refractivity contribution in [1.29, 1.82) is 0 Å². The Balaban J connectivity index is 0.00000272. The first kappa shape index (κ1) is 19.9. The highest BCUT2D eigenvalue weighted by Crippen LogP contribution is 2.25. The number of nitrogens with one attached hydrogen (secondary N) is 1. The minimum Gasteiger partial charge on any atom is -0.494 e. The summed E-state index contributed by atoms with van der Waals surface area (Å²) in [5.41, 5.74) is 0.729. The number of rotatable bonds is 5. The van der Waals surface area contributed by atoms with Gasteiger partial charge in [0.25, 0.3) is 0 Å². The molecular formula is C20H24FN7O2. The minimum atomic E-state index is -0.652. The Kier molecular flexibility index (Phi) is 5.66. The first-order chi connectivity index (χ1) is 14.5. The van der Waals surface area contributed by atoms with E-state index in [-0.39, 0.29) is 19.3 Å². The predicted octanol–water partition coefficient (Wildman–Crippen LogP) is 3.08. The van der Waals surface area contributed by atoms with Crippen molar-refractivity contribution in [3.8, 4) is 17.1 Å². The number of hydrogen-bond donors (Lipinski definition) is 1. The third-order valence-corrected chi connectivity index (χ3v) is 4.57. The number of methoxy groups -OCH3 is 1. The maximum absolute atomic E-state index is 14.3. The van der Waals surface area contributed by atoms with E-state index >= 15 is 0 Å². The smallest absolute Gasteiger partial charge is 0.236 e. The van der Waals surface area contributed by atoms with Crippen molar-refractivity contribution in [2.24, 2.45) is 0 Å². The monoisotopic (exact) mass is 413 g/mol. The molecule has 4 heterocycles. The molecule has 3 aromatic rings. The molecule has 158 valence electrons. The molecule has 0 spiro atoms. The molecule has 4 rings (SSSR count). The Morgan fingerprint density at radius 2 is 1.87 bits per heavy atom. The van der Waals surface area contributed by atoms with E-state index in [1.54, 1.807) is 30.7 Å². The molecule has 2 atom stereocenters. The van der Waals surface area contributed by atoms with Crippen molar-refractivity contribution in [2.45, 2.75) is 26.1 Å². The summed E-state index contributed by atoms with van der Waals surface area (Å²) in [6, 6.07) is 3.26. The van der Waals surface area contributed by atoms with Crippen LogP contribution >= 0.6 is 0 Å². The second kappa shape index (κ2) is 8.54. The highest BCUT2D eigenvalue weighted by molar-refractivity contribution is 5.65. The fourth-order valence-electron chi connectivity index (χ4n) is 3.28. The van der Waals surface area contributed by atoms with Crippen molar-refractivity contribution in [3.05, 3.63) is 42.9 Å². The Hall–Kier alpha value is -3.40. The summed E-state index contributed by atoms with van der Waals surface area (Å²) in [7, 11) is 1.54. The molecule has 1 N–H and O–H groups in total. The van der Waals surface area contributed by atoms with Gasteiger partial charge in [-0.2, -0.15) is 9.37 Å². The molecule has 10 heteroatoms. The zero-order chi connectivity index (χ0) is 21.1. The second-order valence-electron chi connectivity index (χ2n) is 7.04. The molecule has 9 nitrogen and oxygen atoms in total. The van der Waals surface area contributed by atoms with E-state index in [2.05, 4.69) is 35.1 Å². The highest BCUT2D eigenvalue weighted by Gasteiger charge is 2.24. The fourth-order valence-corrected chi connectivity index (χ4v) is 3.28. The minimum absolute atomic E-state index is 0. The largest absolute Gasteiger partial charge is 0.494 e. The molecule has 0 bridgehead atoms. The number of anilines is 3. The van der Waals surface area contributed by atoms with Gasteiger partial charge in [0.05, 0.1) is 37.4 Å². The van der Waals surface area contributed by atoms with Gasteiger partial charge in [0.1, 0.15) is 5.82 Å². The van der Waals surface area contributed by atoms with E-state index in [1.807, 2.05) is 13.8 Å². The van der Waals surface area contributed by atoms with Crippen LogP contribution in [-0.2, 0) is 4.74 Å². The molecule has 0 aliphatic carbocycles. The number of morpholine rings is 1. The van der Waals surface area contributed by atoms with Crippen LogP contribution in [-0.4, -0.2) is 57.3 Å². The Bertz CT molecular complexity index is 1010. The number of halogens is 1. The first-order valence-electron chi connectivity index (χ1n) is 9.54. The van der Waals surface area contributed by atoms with E-state index in [0.29, 0.717) is 42.0 Å². The molecule has 30 heavy (non-hydrogen) atoms. The molecule has 0 aromatic carbocycles. The van der Waals surface area contributed by atoms with Crippen LogP contribution in [0.5, 0.6) is 5.75 Å². The molecule has 0 saturated carbocycles. The topological polar surface area (TPSA) is 98.2 Å². The lowest BCUT2D eigenvalue weighted by molar-refractivity contribution is -0.00571. The number of nitrogens with zero attached hydrogens (tertiary/aromatic N) is 6. The summed E-state index contributed by atoms with van der Waals surface area (Å²) >= 11 is 0. The van der Waals surface area contributed by atoms with E-state index < -0.39 is 5.95 Å². The average Bonchev–Trinajstić information content (AvgIpc) is 2.75. The van der Waals surface area contributed by atoms with Crippen LogP contribution in [0.15, 0.2) is 36.9 Å². The summed E-state index contributed by atoms with van der Waals surface area (Å²) in [6.07, 6.45) is 6.26. The first-order valence-corrected chi connectivity index (χ1v) is 9.54. The van der Waals surface area contributed by atoms with Crippen molar-refractivity contribution in [2.75, 3.05) is 30.4 Å². The predicted molar refractivity (Wildman–Crippen MR) is 111 cm³/mol. The maximum atomic E-state index is 14.3. The summed E-state index contributed by atoms with van der Waals surface area (Å²) in [4.78, 5) is 23.2. The lowest BCUT2D eigenvalue weighted by atomic mass is 10.2. The van der Waals surface area contributed by atoms with Gasteiger partial charge in [-0.15, -0.1) is 0 Å². The van der Waals surface area contributed by atoms with Crippen LogP contribution in [0.3, 0.4) is 0 Å². The molecule has 3 aromatic heterocycles. The number of ether oxygens (including phenoxy) is 2. The van der Waals surface area contributed by atoms with Gasteiger partial charge < -0.3 is 19.7 Å². The zero-order valence-electron chi connectivity index (χ0n) is 16.9. The molecule has 1 saturated heterocycles. The van der Waals surface area contributed by atoms with Gasteiger partial charge in [-0.3, -0.25) is 0 Å². The average molecular weight is 413 g/mol. The number of aromatic nitrogens is 5. The lowest BCUT2D eigenvalue weighted by Gasteiger charge is -2.35. The van der Waals surface area contributed by atoms with Gasteiger partial charge in [-0.1, -0.05) is 0 Å². The lowest BCUT2D eigenvalue weighted by Crippen LogP contribution is -2.46. The standard InChI is InChI=1S/C20H22FN7O2.H2/c1-12-10-28(11-13(2)30-12)20-22-5-4-17(27-20)26-16-6-14(7-23-18(16)21)19-24-8-15(29-3)9-25-19;/h4-9,12-13H,10-11H2,1-3H3,(H,22,26,27);1H/t12-,13+;. The van der Waals surface area contributed by atoms with Gasteiger partial charge in [0.15, 0.2) is 11.6 Å². The quantitative estimate of drug-likeness (QED) is 0.633. The van der Waals surface area contributed by atoms with Gasteiger partial charge in [-0.25, -0.2) is 19.9 Å². The fraction of sp³-hybridized carbons (Fsp3) is 0.350. The van der Waals surface area contributed by atoms with E-state index in [0.717, 1.165) is 0 Å². The van der Waals surface area contributed by atoms with Gasteiger partial charge >= 0.3 is 0 Å². The van der Waals surface area contributed by atoms with Crippen LogP contribution < -0.4 is 15.0 Å². The van der Waals surface area contributed by atoms with E-state index in [9.17, 15) is 4.39 Å². The molecule has 0 unspecified atom stereocenters. The Labute approximate surface area is 174 Å². The molecular weight excluding hydrogens is 389 g/mol. The van der Waals surface area contributed by atoms with Crippen molar-refractivity contribution < 1.29 is 15.3 Å². The van der Waals surface area contributed by atoms with Crippen LogP contribution in [0, 0.1) is 5.95 Å². The summed E-state index contributed by atoms with van der Waals surface area (Å²) < 4.78 is 25.2. The molecule has 1 aliphatic heterocycles. The third-order valence-electron chi connectivity index (χ3n) is 4.57. The SMILES string of the molecule is COc1cnc(-c2cnc(F)c(Nc3ccnc(N4C[C@@H](C)O[C@@H](C)C4)n3)c2)nc1.[HH]. The van der Waals surface area contributed by atoms with Crippen molar-refractivity contribution in [3.63, 3.8) is 0 Å². The molecule has 1 fully saturated rings. The van der Waals surface area contributed by atoms with Crippen LogP contribution in [0.25, 0.3) is 11.4 Å². The third kappa shape index (κ3) is 4.43. The number of hydrogen-bond acceptors (Lipinski definition) is 9. The Morgan fingerprint density at radius 1 is 1.13 bits per heavy atom. The maximum Gasteiger partial charge on any atom is 0.236 e. The second-order valence-corrected chi connectivity index (χ2v) is 7.04. The Morgan fingerprint density at radius 3 is 2.57 bits per heavy atom. The normalized spacial score (nSPS) is 18.9. The summed E-state index contributed by atoms with van der Waals surface area (Å²) in [6.45, 7) is 5.40. The molecule has 0 amide bonds. The van der Waals surface area contributed by atoms with Gasteiger partial charge in [0.2, 0.25) is 11.9 Å². The van der Waals surface area contributed by atoms with Crippen molar-refractivity contribution in [1.82, 2.24) is 24.9 Å². The summed E-state index contributed by atoms with van der Waals surface area (Å²) in [5, 5.41) is 2.98.